The number of hydrogen-bond acceptors (Lipinski definition) is 6. The van der Waals surface area contributed by atoms with Crippen LogP contribution in [0.3, 0.4) is 0 Å². The fourth-order valence-electron chi connectivity index (χ4n) is 3.09. The van der Waals surface area contributed by atoms with Gasteiger partial charge >= 0.3 is 0 Å². The van der Waals surface area contributed by atoms with Gasteiger partial charge in [0.2, 0.25) is 11.8 Å². The molecule has 2 aromatic rings. The Bertz CT molecular complexity index is 588. The molecule has 0 amide bonds. The summed E-state index contributed by atoms with van der Waals surface area (Å²) in [6, 6.07) is 0. The van der Waals surface area contributed by atoms with Crippen molar-refractivity contribution in [2.75, 3.05) is 5.43 Å². The van der Waals surface area contributed by atoms with E-state index in [1.807, 2.05) is 0 Å². The lowest BCUT2D eigenvalue weighted by Gasteiger charge is -2.31. The number of ether oxygens (including phenoxy) is 1. The van der Waals surface area contributed by atoms with E-state index in [1.165, 1.54) is 6.42 Å². The van der Waals surface area contributed by atoms with Crippen LogP contribution in [-0.4, -0.2) is 26.3 Å². The molecule has 0 aromatic carbocycles. The number of fused-ring (bicyclic) bond motifs is 1. The van der Waals surface area contributed by atoms with Crippen molar-refractivity contribution in [2.24, 2.45) is 17.7 Å². The van der Waals surface area contributed by atoms with E-state index in [2.05, 4.69) is 39.4 Å². The average Bonchev–Trinajstić information content (AvgIpc) is 2.85. The van der Waals surface area contributed by atoms with Crippen LogP contribution < -0.4 is 16.0 Å². The second-order valence-corrected chi connectivity index (χ2v) is 5.79. The number of nitrogen functional groups attached to an aromatic ring is 1. The molecule has 20 heavy (non-hydrogen) atoms. The Labute approximate surface area is 117 Å². The molecule has 0 spiro atoms. The van der Waals surface area contributed by atoms with Crippen LogP contribution in [0.1, 0.15) is 33.1 Å². The first-order chi connectivity index (χ1) is 9.65. The molecule has 1 aliphatic carbocycles. The predicted octanol–water partition coefficient (Wildman–Crippen LogP) is 1.84. The number of nitrogens with two attached hydrogens (primary N) is 1. The summed E-state index contributed by atoms with van der Waals surface area (Å²) in [5.41, 5.74) is 3.08. The minimum atomic E-state index is 0.187. The number of H-pyrrole nitrogens is 1. The topological polar surface area (TPSA) is 102 Å². The Morgan fingerprint density at radius 3 is 2.70 bits per heavy atom. The van der Waals surface area contributed by atoms with Crippen molar-refractivity contribution in [1.82, 2.24) is 20.2 Å². The zero-order valence-corrected chi connectivity index (χ0v) is 11.8. The summed E-state index contributed by atoms with van der Waals surface area (Å²) < 4.78 is 6.10. The highest BCUT2D eigenvalue weighted by Crippen LogP contribution is 2.32. The Balaban J connectivity index is 1.87. The summed E-state index contributed by atoms with van der Waals surface area (Å²) in [4.78, 5) is 8.50. The minimum absolute atomic E-state index is 0.187. The first kappa shape index (κ1) is 13.1. The van der Waals surface area contributed by atoms with Crippen molar-refractivity contribution in [3.05, 3.63) is 6.20 Å². The summed E-state index contributed by atoms with van der Waals surface area (Å²) in [6.45, 7) is 4.54. The lowest BCUT2D eigenvalue weighted by Crippen LogP contribution is -2.29. The monoisotopic (exact) mass is 276 g/mol. The normalized spacial score (nSPS) is 26.6. The molecule has 1 saturated carbocycles. The van der Waals surface area contributed by atoms with E-state index in [-0.39, 0.29) is 6.10 Å². The third kappa shape index (κ3) is 2.53. The van der Waals surface area contributed by atoms with Gasteiger partial charge in [-0.15, -0.1) is 0 Å². The third-order valence-corrected chi connectivity index (χ3v) is 3.82. The molecule has 2 aromatic heterocycles. The smallest absolute Gasteiger partial charge is 0.242 e. The number of aromatic nitrogens is 4. The first-order valence-corrected chi connectivity index (χ1v) is 7.00. The van der Waals surface area contributed by atoms with E-state index in [9.17, 15) is 0 Å². The minimum Gasteiger partial charge on any atom is -0.474 e. The van der Waals surface area contributed by atoms with Crippen molar-refractivity contribution in [3.8, 4) is 5.88 Å². The van der Waals surface area contributed by atoms with Crippen LogP contribution in [-0.2, 0) is 0 Å². The predicted molar refractivity (Wildman–Crippen MR) is 76.1 cm³/mol. The number of hydrogen-bond donors (Lipinski definition) is 3. The molecule has 3 rings (SSSR count). The van der Waals surface area contributed by atoms with Crippen molar-refractivity contribution in [2.45, 2.75) is 39.2 Å². The zero-order chi connectivity index (χ0) is 14.1. The van der Waals surface area contributed by atoms with Crippen LogP contribution >= 0.6 is 0 Å². The second-order valence-electron chi connectivity index (χ2n) is 5.79. The van der Waals surface area contributed by atoms with Crippen molar-refractivity contribution < 1.29 is 4.74 Å². The average molecular weight is 276 g/mol. The van der Waals surface area contributed by atoms with Gasteiger partial charge in [0.25, 0.3) is 0 Å². The van der Waals surface area contributed by atoms with Crippen LogP contribution in [0.5, 0.6) is 5.88 Å². The molecule has 0 radical (unpaired) electrons. The molecule has 1 fully saturated rings. The summed E-state index contributed by atoms with van der Waals surface area (Å²) >= 11 is 0. The van der Waals surface area contributed by atoms with E-state index in [1.54, 1.807) is 6.20 Å². The van der Waals surface area contributed by atoms with Gasteiger partial charge in [0.15, 0.2) is 5.65 Å². The summed E-state index contributed by atoms with van der Waals surface area (Å²) in [7, 11) is 0. The zero-order valence-electron chi connectivity index (χ0n) is 11.8. The molecule has 2 atom stereocenters. The molecule has 2 unspecified atom stereocenters. The highest BCUT2D eigenvalue weighted by molar-refractivity contribution is 5.80. The molecule has 4 N–H and O–H groups in total. The Hall–Kier alpha value is -1.89. The lowest BCUT2D eigenvalue weighted by molar-refractivity contribution is 0.0983. The lowest BCUT2D eigenvalue weighted by atomic mass is 9.82. The van der Waals surface area contributed by atoms with Crippen LogP contribution in [0.2, 0.25) is 0 Å². The molecule has 0 bridgehead atoms. The quantitative estimate of drug-likeness (QED) is 0.584. The van der Waals surface area contributed by atoms with Crippen LogP contribution in [0.4, 0.5) is 5.95 Å². The van der Waals surface area contributed by atoms with Crippen molar-refractivity contribution >= 4 is 17.0 Å². The van der Waals surface area contributed by atoms with Gasteiger partial charge in [-0.3, -0.25) is 10.5 Å². The molecule has 7 heteroatoms. The van der Waals surface area contributed by atoms with E-state index in [0.29, 0.717) is 29.3 Å². The number of rotatable bonds is 3. The first-order valence-electron chi connectivity index (χ1n) is 7.00. The number of aromatic amines is 1. The van der Waals surface area contributed by atoms with Gasteiger partial charge in [0, 0.05) is 0 Å². The maximum atomic E-state index is 6.10. The van der Waals surface area contributed by atoms with E-state index >= 15 is 0 Å². The molecule has 0 saturated heterocycles. The molecule has 1 aliphatic rings. The van der Waals surface area contributed by atoms with Crippen molar-refractivity contribution in [3.63, 3.8) is 0 Å². The fraction of sp³-hybridized carbons (Fsp3) is 0.615. The Morgan fingerprint density at radius 2 is 2.00 bits per heavy atom. The molecule has 7 nitrogen and oxygen atoms in total. The number of hydrazine groups is 1. The molecule has 0 aliphatic heterocycles. The molecular formula is C13H20N6O. The molecular weight excluding hydrogens is 256 g/mol. The highest BCUT2D eigenvalue weighted by atomic mass is 16.5. The SMILES string of the molecule is CC1CC(C)CC(Oc2nc(NN)nc3[nH]ncc23)C1. The number of nitrogens with zero attached hydrogens (tertiary/aromatic N) is 3. The largest absolute Gasteiger partial charge is 0.474 e. The van der Waals surface area contributed by atoms with Crippen molar-refractivity contribution in [1.29, 1.82) is 0 Å². The van der Waals surface area contributed by atoms with Gasteiger partial charge in [0.1, 0.15) is 11.5 Å². The molecule has 2 heterocycles. The number of anilines is 1. The molecule has 108 valence electrons. The van der Waals surface area contributed by atoms with Gasteiger partial charge in [-0.05, 0) is 31.1 Å². The maximum Gasteiger partial charge on any atom is 0.242 e. The van der Waals surface area contributed by atoms with Crippen LogP contribution in [0.25, 0.3) is 11.0 Å². The highest BCUT2D eigenvalue weighted by Gasteiger charge is 2.26. The third-order valence-electron chi connectivity index (χ3n) is 3.82. The van der Waals surface area contributed by atoms with Crippen LogP contribution in [0.15, 0.2) is 6.20 Å². The van der Waals surface area contributed by atoms with E-state index in [4.69, 9.17) is 10.6 Å². The Kier molecular flexibility index (Phi) is 3.43. The fourth-order valence-corrected chi connectivity index (χ4v) is 3.09. The van der Waals surface area contributed by atoms with Gasteiger partial charge in [0.05, 0.1) is 6.20 Å². The standard InChI is InChI=1S/C13H20N6O/c1-7-3-8(2)5-9(4-7)20-12-10-6-15-19-11(10)16-13(17-12)18-14/h6-9H,3-5,14H2,1-2H3,(H2,15,16,17,18,19). The second kappa shape index (κ2) is 5.24. The van der Waals surface area contributed by atoms with E-state index in [0.717, 1.165) is 18.2 Å². The summed E-state index contributed by atoms with van der Waals surface area (Å²) in [5.74, 6) is 7.62. The van der Waals surface area contributed by atoms with Gasteiger partial charge in [-0.2, -0.15) is 15.1 Å². The Morgan fingerprint density at radius 1 is 1.25 bits per heavy atom. The van der Waals surface area contributed by atoms with E-state index < -0.39 is 0 Å². The summed E-state index contributed by atoms with van der Waals surface area (Å²) in [6.07, 6.45) is 5.24. The van der Waals surface area contributed by atoms with Gasteiger partial charge < -0.3 is 4.74 Å². The summed E-state index contributed by atoms with van der Waals surface area (Å²) in [5, 5.41) is 7.58. The number of nitrogens with one attached hydrogen (secondary N) is 2. The maximum absolute atomic E-state index is 6.10. The van der Waals surface area contributed by atoms with Gasteiger partial charge in [-0.25, -0.2) is 5.84 Å². The van der Waals surface area contributed by atoms with Gasteiger partial charge in [-0.1, -0.05) is 13.8 Å². The van der Waals surface area contributed by atoms with Crippen LogP contribution in [0, 0.1) is 11.8 Å².